The van der Waals surface area contributed by atoms with Gasteiger partial charge in [-0.15, -0.1) is 0 Å². The van der Waals surface area contributed by atoms with Crippen LogP contribution in [0.3, 0.4) is 0 Å². The molecule has 0 amide bonds. The zero-order chi connectivity index (χ0) is 15.4. The van der Waals surface area contributed by atoms with Crippen molar-refractivity contribution < 1.29 is 8.42 Å². The average molecular weight is 313 g/mol. The van der Waals surface area contributed by atoms with E-state index in [9.17, 15) is 13.2 Å². The molecule has 21 heavy (non-hydrogen) atoms. The van der Waals surface area contributed by atoms with E-state index in [0.717, 1.165) is 31.4 Å². The van der Waals surface area contributed by atoms with E-state index in [1.807, 2.05) is 18.7 Å². The maximum atomic E-state index is 12.6. The van der Waals surface area contributed by atoms with Gasteiger partial charge >= 0.3 is 0 Å². The van der Waals surface area contributed by atoms with Crippen LogP contribution in [-0.4, -0.2) is 29.3 Å². The van der Waals surface area contributed by atoms with Crippen molar-refractivity contribution in [3.8, 4) is 0 Å². The van der Waals surface area contributed by atoms with Crippen LogP contribution in [0.25, 0.3) is 0 Å². The molecule has 2 aliphatic rings. The number of hydrogen-bond acceptors (Lipinski definition) is 4. The second-order valence-electron chi connectivity index (χ2n) is 6.76. The van der Waals surface area contributed by atoms with Gasteiger partial charge in [-0.3, -0.25) is 9.48 Å². The van der Waals surface area contributed by atoms with Crippen molar-refractivity contribution in [1.29, 1.82) is 0 Å². The topological polar surface area (TPSA) is 87.1 Å². The Morgan fingerprint density at radius 3 is 2.43 bits per heavy atom. The highest BCUT2D eigenvalue weighted by Gasteiger charge is 2.43. The molecule has 0 spiro atoms. The third-order valence-corrected chi connectivity index (χ3v) is 6.97. The zero-order valence-corrected chi connectivity index (χ0v) is 13.4. The Morgan fingerprint density at radius 2 is 1.90 bits per heavy atom. The van der Waals surface area contributed by atoms with E-state index in [4.69, 9.17) is 5.73 Å². The predicted octanol–water partition coefficient (Wildman–Crippen LogP) is 0.960. The molecule has 6 nitrogen and oxygen atoms in total. The maximum absolute atomic E-state index is 12.6. The van der Waals surface area contributed by atoms with Gasteiger partial charge in [-0.2, -0.15) is 0 Å². The summed E-state index contributed by atoms with van der Waals surface area (Å²) < 4.78 is 27.1. The number of nitrogens with zero attached hydrogens (tertiary/aromatic N) is 2. The SMILES string of the molecule is Cn1c(C2CCCC2)c(N)c(=O)n1C1(C)CCS(=O)(=O)C1. The molecule has 1 aromatic rings. The van der Waals surface area contributed by atoms with E-state index in [0.29, 0.717) is 18.0 Å². The summed E-state index contributed by atoms with van der Waals surface area (Å²) in [4.78, 5) is 12.6. The predicted molar refractivity (Wildman–Crippen MR) is 82.2 cm³/mol. The van der Waals surface area contributed by atoms with Crippen molar-refractivity contribution >= 4 is 15.5 Å². The number of nitrogen functional groups attached to an aromatic ring is 1. The van der Waals surface area contributed by atoms with E-state index in [2.05, 4.69) is 0 Å². The number of sulfone groups is 1. The lowest BCUT2D eigenvalue weighted by Gasteiger charge is -2.27. The third kappa shape index (κ3) is 2.22. The van der Waals surface area contributed by atoms with Crippen LogP contribution < -0.4 is 11.3 Å². The van der Waals surface area contributed by atoms with Gasteiger partial charge in [0.25, 0.3) is 5.56 Å². The molecule has 0 bridgehead atoms. The van der Waals surface area contributed by atoms with Crippen molar-refractivity contribution in [2.75, 3.05) is 17.2 Å². The van der Waals surface area contributed by atoms with Crippen molar-refractivity contribution in [3.05, 3.63) is 16.0 Å². The highest BCUT2D eigenvalue weighted by Crippen LogP contribution is 2.38. The summed E-state index contributed by atoms with van der Waals surface area (Å²) in [5.41, 5.74) is 6.35. The first-order valence-corrected chi connectivity index (χ1v) is 9.36. The van der Waals surface area contributed by atoms with Crippen molar-refractivity contribution in [2.24, 2.45) is 7.05 Å². The van der Waals surface area contributed by atoms with Gasteiger partial charge in [0.05, 0.1) is 22.7 Å². The summed E-state index contributed by atoms with van der Waals surface area (Å²) in [7, 11) is -1.24. The lowest BCUT2D eigenvalue weighted by molar-refractivity contribution is 0.275. The van der Waals surface area contributed by atoms with E-state index < -0.39 is 15.4 Å². The number of anilines is 1. The largest absolute Gasteiger partial charge is 0.393 e. The van der Waals surface area contributed by atoms with Crippen LogP contribution in [0.1, 0.15) is 50.6 Å². The summed E-state index contributed by atoms with van der Waals surface area (Å²) >= 11 is 0. The lowest BCUT2D eigenvalue weighted by atomic mass is 10.0. The van der Waals surface area contributed by atoms with Crippen LogP contribution in [0.15, 0.2) is 4.79 Å². The second-order valence-corrected chi connectivity index (χ2v) is 8.94. The molecule has 1 aliphatic heterocycles. The van der Waals surface area contributed by atoms with Gasteiger partial charge in [-0.05, 0) is 26.2 Å². The van der Waals surface area contributed by atoms with E-state index >= 15 is 0 Å². The fraction of sp³-hybridized carbons (Fsp3) is 0.786. The molecule has 3 rings (SSSR count). The lowest BCUT2D eigenvalue weighted by Crippen LogP contribution is -2.42. The summed E-state index contributed by atoms with van der Waals surface area (Å²) in [6.07, 6.45) is 4.90. The van der Waals surface area contributed by atoms with Crippen LogP contribution in [0, 0.1) is 0 Å². The molecule has 1 saturated carbocycles. The van der Waals surface area contributed by atoms with Gasteiger partial charge in [0, 0.05) is 13.0 Å². The van der Waals surface area contributed by atoms with Gasteiger partial charge in [0.1, 0.15) is 5.69 Å². The van der Waals surface area contributed by atoms with Crippen LogP contribution in [0.5, 0.6) is 0 Å². The van der Waals surface area contributed by atoms with Crippen molar-refractivity contribution in [3.63, 3.8) is 0 Å². The molecule has 1 saturated heterocycles. The minimum atomic E-state index is -3.07. The first-order chi connectivity index (χ1) is 9.75. The monoisotopic (exact) mass is 313 g/mol. The quantitative estimate of drug-likeness (QED) is 0.881. The minimum absolute atomic E-state index is 0.0152. The Hall–Kier alpha value is -1.24. The Kier molecular flexibility index (Phi) is 3.24. The standard InChI is InChI=1S/C14H23N3O3S/c1-14(7-8-21(19,20)9-14)17-13(18)11(15)12(16(17)2)10-5-3-4-6-10/h10H,3-9,15H2,1-2H3. The first-order valence-electron chi connectivity index (χ1n) is 7.53. The summed E-state index contributed by atoms with van der Waals surface area (Å²) in [5.74, 6) is 0.478. The number of rotatable bonds is 2. The van der Waals surface area contributed by atoms with Crippen LogP contribution >= 0.6 is 0 Å². The molecule has 0 aromatic carbocycles. The minimum Gasteiger partial charge on any atom is -0.393 e. The van der Waals surface area contributed by atoms with Crippen molar-refractivity contribution in [2.45, 2.75) is 50.5 Å². The maximum Gasteiger partial charge on any atom is 0.290 e. The molecule has 2 N–H and O–H groups in total. The molecule has 118 valence electrons. The Morgan fingerprint density at radius 1 is 1.29 bits per heavy atom. The third-order valence-electron chi connectivity index (χ3n) is 5.08. The zero-order valence-electron chi connectivity index (χ0n) is 12.6. The molecule has 0 radical (unpaired) electrons. The summed E-state index contributed by atoms with van der Waals surface area (Å²) in [5, 5.41) is 0. The van der Waals surface area contributed by atoms with E-state index in [1.54, 1.807) is 4.68 Å². The highest BCUT2D eigenvalue weighted by atomic mass is 32.2. The van der Waals surface area contributed by atoms with Crippen molar-refractivity contribution in [1.82, 2.24) is 9.36 Å². The van der Waals surface area contributed by atoms with Gasteiger partial charge < -0.3 is 5.73 Å². The van der Waals surface area contributed by atoms with Gasteiger partial charge in [-0.1, -0.05) is 12.8 Å². The summed E-state index contributed by atoms with van der Waals surface area (Å²) in [6, 6.07) is 0. The molecule has 1 aliphatic carbocycles. The van der Waals surface area contributed by atoms with Crippen LogP contribution in [-0.2, 0) is 22.4 Å². The smallest absolute Gasteiger partial charge is 0.290 e. The molecule has 1 atom stereocenters. The molecule has 1 unspecified atom stereocenters. The van der Waals surface area contributed by atoms with Crippen LogP contribution in [0.4, 0.5) is 5.69 Å². The number of aromatic nitrogens is 2. The van der Waals surface area contributed by atoms with Gasteiger partial charge in [-0.25, -0.2) is 13.1 Å². The molecule has 7 heteroatoms. The van der Waals surface area contributed by atoms with Crippen LogP contribution in [0.2, 0.25) is 0 Å². The molecular formula is C14H23N3O3S. The first kappa shape index (κ1) is 14.7. The Bertz CT molecular complexity index is 725. The van der Waals surface area contributed by atoms with Gasteiger partial charge in [0.15, 0.2) is 9.84 Å². The molecule has 1 aromatic heterocycles. The fourth-order valence-corrected chi connectivity index (χ4v) is 6.20. The molecule has 2 heterocycles. The highest BCUT2D eigenvalue weighted by molar-refractivity contribution is 7.91. The molecular weight excluding hydrogens is 290 g/mol. The second kappa shape index (κ2) is 4.63. The van der Waals surface area contributed by atoms with Gasteiger partial charge in [0.2, 0.25) is 0 Å². The van der Waals surface area contributed by atoms with E-state index in [1.165, 1.54) is 0 Å². The fourth-order valence-electron chi connectivity index (χ4n) is 4.09. The number of hydrogen-bond donors (Lipinski definition) is 1. The molecule has 2 fully saturated rings. The average Bonchev–Trinajstić information content (AvgIpc) is 3.02. The Labute approximate surface area is 124 Å². The summed E-state index contributed by atoms with van der Waals surface area (Å²) in [6.45, 7) is 1.84. The Balaban J connectivity index is 2.12. The van der Waals surface area contributed by atoms with E-state index in [-0.39, 0.29) is 17.1 Å². The normalized spacial score (nSPS) is 29.2. The number of nitrogens with two attached hydrogens (primary N) is 1.